The Morgan fingerprint density at radius 2 is 2.06 bits per heavy atom. The summed E-state index contributed by atoms with van der Waals surface area (Å²) in [5.74, 6) is 1.67. The van der Waals surface area contributed by atoms with E-state index in [0.717, 1.165) is 12.1 Å². The topological polar surface area (TPSA) is 98.5 Å². The highest BCUT2D eigenvalue weighted by Crippen LogP contribution is 2.39. The molecular weight excluding hydrogens is 480 g/mol. The van der Waals surface area contributed by atoms with Gasteiger partial charge in [-0.05, 0) is 36.4 Å². The minimum absolute atomic E-state index is 0.0344. The number of ether oxygens (including phenoxy) is 4. The number of benzene rings is 2. The van der Waals surface area contributed by atoms with Crippen molar-refractivity contribution in [2.45, 2.75) is 19.1 Å². The Morgan fingerprint density at radius 3 is 2.78 bits per heavy atom. The van der Waals surface area contributed by atoms with Crippen LogP contribution in [0, 0.1) is 11.3 Å². The molecule has 1 aliphatic heterocycles. The van der Waals surface area contributed by atoms with Gasteiger partial charge in [-0.1, -0.05) is 17.7 Å². The van der Waals surface area contributed by atoms with Gasteiger partial charge in [0, 0.05) is 36.0 Å². The van der Waals surface area contributed by atoms with E-state index in [-0.39, 0.29) is 6.10 Å². The Kier molecular flexibility index (Phi) is 7.03. The number of hydrogen-bond acceptors (Lipinski definition) is 8. The molecule has 1 N–H and O–H groups in total. The summed E-state index contributed by atoms with van der Waals surface area (Å²) in [7, 11) is 1.58. The maximum atomic E-state index is 9.75. The van der Waals surface area contributed by atoms with Crippen molar-refractivity contribution in [1.82, 2.24) is 9.97 Å². The van der Waals surface area contributed by atoms with Crippen molar-refractivity contribution in [3.05, 3.63) is 77.2 Å². The van der Waals surface area contributed by atoms with Crippen LogP contribution in [0.2, 0.25) is 5.02 Å². The Balaban J connectivity index is 1.43. The highest BCUT2D eigenvalue weighted by molar-refractivity contribution is 6.32. The lowest BCUT2D eigenvalue weighted by atomic mass is 10.1. The summed E-state index contributed by atoms with van der Waals surface area (Å²) >= 11 is 6.49. The molecule has 1 atom stereocenters. The van der Waals surface area contributed by atoms with Gasteiger partial charge < -0.3 is 24.3 Å². The zero-order chi connectivity index (χ0) is 24.9. The molecule has 182 valence electrons. The monoisotopic (exact) mass is 502 g/mol. The molecule has 1 aliphatic rings. The summed E-state index contributed by atoms with van der Waals surface area (Å²) in [6.07, 6.45) is 4.03. The third-order valence-electron chi connectivity index (χ3n) is 5.76. The zero-order valence-corrected chi connectivity index (χ0v) is 20.3. The van der Waals surface area contributed by atoms with E-state index in [1.54, 1.807) is 25.4 Å². The number of anilines is 2. The van der Waals surface area contributed by atoms with Crippen LogP contribution in [0.3, 0.4) is 0 Å². The molecule has 1 fully saturated rings. The van der Waals surface area contributed by atoms with Gasteiger partial charge in [-0.25, -0.2) is 0 Å². The van der Waals surface area contributed by atoms with E-state index in [9.17, 15) is 5.26 Å². The van der Waals surface area contributed by atoms with E-state index >= 15 is 0 Å². The number of methoxy groups -OCH3 is 1. The molecule has 4 aromatic rings. The minimum atomic E-state index is -0.0344. The standard InChI is InChI=1S/C27H23ClN4O4/c1-33-25-11-21-23(12-26(25)36-20-7-9-34-16-20)31-14-17(13-29)27(21)32-18-5-6-24(22(28)10-18)35-15-19-4-2-3-8-30-19/h2-6,8,10-12,14,20H,7,9,15-16H2,1H3,(H,31,32). The van der Waals surface area contributed by atoms with Crippen LogP contribution in [0.25, 0.3) is 10.9 Å². The van der Waals surface area contributed by atoms with Crippen molar-refractivity contribution in [3.63, 3.8) is 0 Å². The molecule has 2 aromatic heterocycles. The van der Waals surface area contributed by atoms with Gasteiger partial charge >= 0.3 is 0 Å². The first kappa shape index (κ1) is 23.7. The second-order valence-electron chi connectivity index (χ2n) is 8.16. The summed E-state index contributed by atoms with van der Waals surface area (Å²) in [6, 6.07) is 16.8. The van der Waals surface area contributed by atoms with Crippen LogP contribution < -0.4 is 19.5 Å². The molecule has 9 heteroatoms. The molecule has 0 radical (unpaired) electrons. The average molecular weight is 503 g/mol. The molecule has 5 rings (SSSR count). The van der Waals surface area contributed by atoms with E-state index in [1.807, 2.05) is 36.4 Å². The second-order valence-corrected chi connectivity index (χ2v) is 8.57. The van der Waals surface area contributed by atoms with Gasteiger partial charge in [0.05, 0.1) is 47.8 Å². The summed E-state index contributed by atoms with van der Waals surface area (Å²) < 4.78 is 22.9. The predicted octanol–water partition coefficient (Wildman–Crippen LogP) is 5.65. The van der Waals surface area contributed by atoms with Crippen LogP contribution in [0.1, 0.15) is 17.7 Å². The van der Waals surface area contributed by atoms with Gasteiger partial charge in [-0.15, -0.1) is 0 Å². The number of hydrogen-bond donors (Lipinski definition) is 1. The van der Waals surface area contributed by atoms with Gasteiger partial charge in [0.1, 0.15) is 24.5 Å². The Labute approximate surface area is 213 Å². The lowest BCUT2D eigenvalue weighted by molar-refractivity contribution is 0.139. The smallest absolute Gasteiger partial charge is 0.163 e. The highest BCUT2D eigenvalue weighted by Gasteiger charge is 2.21. The summed E-state index contributed by atoms with van der Waals surface area (Å²) in [5, 5.41) is 14.2. The second kappa shape index (κ2) is 10.7. The molecule has 0 aliphatic carbocycles. The zero-order valence-electron chi connectivity index (χ0n) is 19.5. The van der Waals surface area contributed by atoms with Gasteiger partial charge in [0.15, 0.2) is 11.5 Å². The van der Waals surface area contributed by atoms with Gasteiger partial charge in [-0.3, -0.25) is 9.97 Å². The molecule has 0 amide bonds. The predicted molar refractivity (Wildman–Crippen MR) is 136 cm³/mol. The van der Waals surface area contributed by atoms with Crippen LogP contribution in [0.5, 0.6) is 17.2 Å². The molecule has 2 aromatic carbocycles. The lowest BCUT2D eigenvalue weighted by Gasteiger charge is -2.18. The number of rotatable bonds is 8. The van der Waals surface area contributed by atoms with Crippen molar-refractivity contribution in [1.29, 1.82) is 5.26 Å². The molecule has 8 nitrogen and oxygen atoms in total. The van der Waals surface area contributed by atoms with E-state index in [2.05, 4.69) is 21.4 Å². The normalized spacial score (nSPS) is 14.9. The summed E-state index contributed by atoms with van der Waals surface area (Å²) in [4.78, 5) is 8.72. The fraction of sp³-hybridized carbons (Fsp3) is 0.222. The number of halogens is 1. The number of pyridine rings is 2. The fourth-order valence-electron chi connectivity index (χ4n) is 3.93. The maximum absolute atomic E-state index is 9.75. The fourth-order valence-corrected chi connectivity index (χ4v) is 4.17. The van der Waals surface area contributed by atoms with Crippen molar-refractivity contribution in [2.24, 2.45) is 0 Å². The minimum Gasteiger partial charge on any atom is -0.493 e. The SMILES string of the molecule is COc1cc2c(Nc3ccc(OCc4ccccn4)c(Cl)c3)c(C#N)cnc2cc1OC1CCOC1. The molecule has 0 saturated carbocycles. The van der Waals surface area contributed by atoms with Crippen LogP contribution in [0.15, 0.2) is 60.9 Å². The molecule has 1 unspecified atom stereocenters. The number of nitrogens with zero attached hydrogens (tertiary/aromatic N) is 3. The van der Waals surface area contributed by atoms with Crippen molar-refractivity contribution in [3.8, 4) is 23.3 Å². The van der Waals surface area contributed by atoms with Crippen molar-refractivity contribution in [2.75, 3.05) is 25.6 Å². The lowest BCUT2D eigenvalue weighted by Crippen LogP contribution is -2.16. The van der Waals surface area contributed by atoms with Crippen molar-refractivity contribution < 1.29 is 18.9 Å². The quantitative estimate of drug-likeness (QED) is 0.330. The third-order valence-corrected chi connectivity index (χ3v) is 6.05. The summed E-state index contributed by atoms with van der Waals surface area (Å²) in [6.45, 7) is 1.52. The Bertz CT molecular complexity index is 1420. The highest BCUT2D eigenvalue weighted by atomic mass is 35.5. The Hall–Kier alpha value is -4.06. The third kappa shape index (κ3) is 5.13. The summed E-state index contributed by atoms with van der Waals surface area (Å²) in [5.41, 5.74) is 3.13. The van der Waals surface area contributed by atoms with Crippen LogP contribution in [-0.4, -0.2) is 36.4 Å². The van der Waals surface area contributed by atoms with E-state index < -0.39 is 0 Å². The van der Waals surface area contributed by atoms with Gasteiger partial charge in [0.25, 0.3) is 0 Å². The number of nitriles is 1. The van der Waals surface area contributed by atoms with Crippen LogP contribution in [0.4, 0.5) is 11.4 Å². The molecule has 36 heavy (non-hydrogen) atoms. The van der Waals surface area contributed by atoms with E-state index in [1.165, 1.54) is 6.20 Å². The first-order valence-electron chi connectivity index (χ1n) is 11.4. The first-order chi connectivity index (χ1) is 17.6. The largest absolute Gasteiger partial charge is 0.493 e. The number of nitrogens with one attached hydrogen (secondary N) is 1. The van der Waals surface area contributed by atoms with Gasteiger partial charge in [-0.2, -0.15) is 5.26 Å². The molecule has 1 saturated heterocycles. The van der Waals surface area contributed by atoms with Gasteiger partial charge in [0.2, 0.25) is 0 Å². The number of aromatic nitrogens is 2. The van der Waals surface area contributed by atoms with Crippen LogP contribution in [-0.2, 0) is 11.3 Å². The maximum Gasteiger partial charge on any atom is 0.163 e. The Morgan fingerprint density at radius 1 is 1.14 bits per heavy atom. The molecule has 0 bridgehead atoms. The first-order valence-corrected chi connectivity index (χ1v) is 11.8. The van der Waals surface area contributed by atoms with E-state index in [0.29, 0.717) is 69.9 Å². The molecular formula is C27H23ClN4O4. The average Bonchev–Trinajstić information content (AvgIpc) is 3.42. The number of fused-ring (bicyclic) bond motifs is 1. The van der Waals surface area contributed by atoms with Crippen molar-refractivity contribution >= 4 is 33.9 Å². The van der Waals surface area contributed by atoms with Crippen LogP contribution >= 0.6 is 11.6 Å². The molecule has 3 heterocycles. The van der Waals surface area contributed by atoms with E-state index in [4.69, 9.17) is 30.5 Å². The molecule has 0 spiro atoms.